The highest BCUT2D eigenvalue weighted by Crippen LogP contribution is 2.15. The molecule has 0 unspecified atom stereocenters. The Morgan fingerprint density at radius 3 is 2.25 bits per heavy atom. The minimum absolute atomic E-state index is 0.367. The average Bonchev–Trinajstić information content (AvgIpc) is 1.66. The van der Waals surface area contributed by atoms with Crippen LogP contribution in [0.15, 0.2) is 0 Å². The standard InChI is InChI=1S/C6H15BrS/c1-8(2)6-4-3-5-7/h8H,3-6H2,1-2H3. The van der Waals surface area contributed by atoms with E-state index in [-0.39, 0.29) is 0 Å². The van der Waals surface area contributed by atoms with Gasteiger partial charge in [-0.15, -0.1) is 0 Å². The molecule has 0 aromatic heterocycles. The summed E-state index contributed by atoms with van der Waals surface area (Å²) in [6.07, 6.45) is 7.43. The van der Waals surface area contributed by atoms with Gasteiger partial charge in [-0.3, -0.25) is 10.9 Å². The number of hydrogen-bond acceptors (Lipinski definition) is 0. The number of hydrogen-bond donors (Lipinski definition) is 1. The van der Waals surface area contributed by atoms with Crippen LogP contribution < -0.4 is 0 Å². The van der Waals surface area contributed by atoms with Crippen molar-refractivity contribution in [3.05, 3.63) is 0 Å². The van der Waals surface area contributed by atoms with E-state index in [0.717, 1.165) is 0 Å². The van der Waals surface area contributed by atoms with E-state index in [1.165, 1.54) is 23.9 Å². The molecule has 0 rings (SSSR count). The van der Waals surface area contributed by atoms with Gasteiger partial charge in [-0.1, -0.05) is 15.9 Å². The number of rotatable bonds is 4. The maximum absolute atomic E-state index is 3.41. The van der Waals surface area contributed by atoms with Gasteiger partial charge in [-0.25, -0.2) is 0 Å². The molecule has 0 spiro atoms. The van der Waals surface area contributed by atoms with Gasteiger partial charge in [-0.05, 0) is 31.1 Å². The summed E-state index contributed by atoms with van der Waals surface area (Å²) in [6, 6.07) is 0. The van der Waals surface area contributed by atoms with Crippen molar-refractivity contribution < 1.29 is 0 Å². The Morgan fingerprint density at radius 2 is 1.88 bits per heavy atom. The highest BCUT2D eigenvalue weighted by molar-refractivity contribution is 9.09. The third-order valence-electron chi connectivity index (χ3n) is 0.989. The molecular weight excluding hydrogens is 184 g/mol. The molecule has 0 aliphatic rings. The van der Waals surface area contributed by atoms with E-state index in [0.29, 0.717) is 10.9 Å². The molecule has 0 saturated heterocycles. The van der Waals surface area contributed by atoms with Crippen LogP contribution in [0.4, 0.5) is 0 Å². The van der Waals surface area contributed by atoms with Gasteiger partial charge < -0.3 is 0 Å². The molecule has 0 aromatic carbocycles. The zero-order valence-electron chi connectivity index (χ0n) is 5.65. The molecule has 0 nitrogen and oxygen atoms in total. The van der Waals surface area contributed by atoms with Crippen molar-refractivity contribution in [2.75, 3.05) is 23.6 Å². The lowest BCUT2D eigenvalue weighted by atomic mass is 10.4. The predicted molar refractivity (Wildman–Crippen MR) is 48.7 cm³/mol. The summed E-state index contributed by atoms with van der Waals surface area (Å²) in [7, 11) is 0.367. The maximum atomic E-state index is 3.41. The van der Waals surface area contributed by atoms with Crippen LogP contribution in [0.5, 0.6) is 0 Å². The van der Waals surface area contributed by atoms with Crippen molar-refractivity contribution in [3.63, 3.8) is 0 Å². The third-order valence-corrected chi connectivity index (χ3v) is 2.76. The lowest BCUT2D eigenvalue weighted by Crippen LogP contribution is -1.85. The Kier molecular flexibility index (Phi) is 6.58. The van der Waals surface area contributed by atoms with Crippen LogP contribution >= 0.6 is 26.8 Å². The smallest absolute Gasteiger partial charge is 0.00315 e. The fourth-order valence-electron chi connectivity index (χ4n) is 0.523. The van der Waals surface area contributed by atoms with E-state index in [2.05, 4.69) is 28.4 Å². The second-order valence-electron chi connectivity index (χ2n) is 2.20. The highest BCUT2D eigenvalue weighted by Gasteiger charge is 1.87. The van der Waals surface area contributed by atoms with Crippen molar-refractivity contribution in [1.82, 2.24) is 0 Å². The number of halogens is 1. The van der Waals surface area contributed by atoms with E-state index in [9.17, 15) is 0 Å². The van der Waals surface area contributed by atoms with Gasteiger partial charge in [0.15, 0.2) is 0 Å². The van der Waals surface area contributed by atoms with Gasteiger partial charge in [-0.2, -0.15) is 0 Å². The molecule has 0 aliphatic heterocycles. The van der Waals surface area contributed by atoms with Crippen LogP contribution in [0, 0.1) is 0 Å². The van der Waals surface area contributed by atoms with Crippen LogP contribution in [0.25, 0.3) is 0 Å². The predicted octanol–water partition coefficient (Wildman–Crippen LogP) is 2.42. The summed E-state index contributed by atoms with van der Waals surface area (Å²) in [5.74, 6) is 1.45. The largest absolute Gasteiger partial charge is 0.259 e. The topological polar surface area (TPSA) is 0 Å². The monoisotopic (exact) mass is 198 g/mol. The molecule has 2 heteroatoms. The first kappa shape index (κ1) is 8.83. The van der Waals surface area contributed by atoms with Crippen molar-refractivity contribution in [3.8, 4) is 0 Å². The summed E-state index contributed by atoms with van der Waals surface area (Å²) in [5, 5.41) is 1.18. The molecule has 0 N–H and O–H groups in total. The number of thiol groups is 1. The fourth-order valence-corrected chi connectivity index (χ4v) is 1.78. The number of unbranched alkanes of at least 4 members (excludes halogenated alkanes) is 1. The molecule has 8 heavy (non-hydrogen) atoms. The molecular formula is C6H15BrS. The lowest BCUT2D eigenvalue weighted by Gasteiger charge is -2.05. The van der Waals surface area contributed by atoms with Crippen LogP contribution in [-0.4, -0.2) is 23.6 Å². The van der Waals surface area contributed by atoms with Crippen LogP contribution in [0.3, 0.4) is 0 Å². The summed E-state index contributed by atoms with van der Waals surface area (Å²) >= 11 is 3.41. The first-order valence-corrected chi connectivity index (χ1v) is 6.52. The highest BCUT2D eigenvalue weighted by atomic mass is 79.9. The SMILES string of the molecule is C[SH](C)CCCCBr. The normalized spacial score (nSPS) is 11.6. The molecule has 0 amide bonds. The molecule has 0 radical (unpaired) electrons. The Labute approximate surface area is 63.5 Å². The Bertz CT molecular complexity index is 45.8. The third kappa shape index (κ3) is 6.83. The molecule has 0 heterocycles. The van der Waals surface area contributed by atoms with E-state index >= 15 is 0 Å². The molecule has 0 aromatic rings. The van der Waals surface area contributed by atoms with E-state index in [1.54, 1.807) is 0 Å². The zero-order valence-corrected chi connectivity index (χ0v) is 8.13. The lowest BCUT2D eigenvalue weighted by molar-refractivity contribution is 0.912. The van der Waals surface area contributed by atoms with Crippen LogP contribution in [0.1, 0.15) is 12.8 Å². The summed E-state index contributed by atoms with van der Waals surface area (Å²) < 4.78 is 0. The first-order valence-electron chi connectivity index (χ1n) is 2.98. The second-order valence-corrected chi connectivity index (χ2v) is 5.60. The quantitative estimate of drug-likeness (QED) is 0.401. The van der Waals surface area contributed by atoms with Crippen LogP contribution in [0.2, 0.25) is 0 Å². The van der Waals surface area contributed by atoms with Crippen molar-refractivity contribution >= 4 is 26.8 Å². The van der Waals surface area contributed by atoms with Crippen molar-refractivity contribution in [1.29, 1.82) is 0 Å². The molecule has 0 bridgehead atoms. The minimum Gasteiger partial charge on any atom is -0.259 e. The second kappa shape index (κ2) is 5.96. The average molecular weight is 199 g/mol. The van der Waals surface area contributed by atoms with E-state index in [4.69, 9.17) is 0 Å². The Morgan fingerprint density at radius 1 is 1.25 bits per heavy atom. The summed E-state index contributed by atoms with van der Waals surface area (Å²) in [5.41, 5.74) is 0. The molecule has 0 saturated carbocycles. The fraction of sp³-hybridized carbons (Fsp3) is 1.00. The van der Waals surface area contributed by atoms with Gasteiger partial charge in [0, 0.05) is 5.33 Å². The minimum atomic E-state index is 0.367. The number of alkyl halides is 1. The maximum Gasteiger partial charge on any atom is 0.00315 e. The summed E-state index contributed by atoms with van der Waals surface area (Å²) in [6.45, 7) is 0. The molecule has 0 fully saturated rings. The molecule has 52 valence electrons. The van der Waals surface area contributed by atoms with E-state index < -0.39 is 0 Å². The van der Waals surface area contributed by atoms with Crippen molar-refractivity contribution in [2.24, 2.45) is 0 Å². The van der Waals surface area contributed by atoms with Gasteiger partial charge in [0.25, 0.3) is 0 Å². The molecule has 0 aliphatic carbocycles. The molecule has 0 atom stereocenters. The van der Waals surface area contributed by atoms with Crippen molar-refractivity contribution in [2.45, 2.75) is 12.8 Å². The Hall–Kier alpha value is 0.830. The van der Waals surface area contributed by atoms with Gasteiger partial charge >= 0.3 is 0 Å². The van der Waals surface area contributed by atoms with Gasteiger partial charge in [0.1, 0.15) is 0 Å². The van der Waals surface area contributed by atoms with Crippen LogP contribution in [-0.2, 0) is 0 Å². The van der Waals surface area contributed by atoms with E-state index in [1.807, 2.05) is 0 Å². The van der Waals surface area contributed by atoms with Gasteiger partial charge in [0.2, 0.25) is 0 Å². The summed E-state index contributed by atoms with van der Waals surface area (Å²) in [4.78, 5) is 0. The Balaban J connectivity index is 2.72. The first-order chi connectivity index (χ1) is 3.77. The van der Waals surface area contributed by atoms with Gasteiger partial charge in [0.05, 0.1) is 0 Å². The zero-order chi connectivity index (χ0) is 6.41.